The number of hydrogen-bond acceptors (Lipinski definition) is 6. The van der Waals surface area contributed by atoms with Crippen LogP contribution in [0.3, 0.4) is 0 Å². The van der Waals surface area contributed by atoms with Crippen molar-refractivity contribution in [3.63, 3.8) is 0 Å². The van der Waals surface area contributed by atoms with Gasteiger partial charge < -0.3 is 20.3 Å². The van der Waals surface area contributed by atoms with E-state index in [0.29, 0.717) is 37.4 Å². The van der Waals surface area contributed by atoms with Crippen molar-refractivity contribution in [1.82, 2.24) is 25.3 Å². The Bertz CT molecular complexity index is 651. The van der Waals surface area contributed by atoms with Crippen LogP contribution in [0.25, 0.3) is 0 Å². The fourth-order valence-corrected chi connectivity index (χ4v) is 4.17. The fourth-order valence-electron chi connectivity index (χ4n) is 4.17. The summed E-state index contributed by atoms with van der Waals surface area (Å²) in [7, 11) is 0. The van der Waals surface area contributed by atoms with E-state index in [1.54, 1.807) is 6.92 Å². The van der Waals surface area contributed by atoms with Crippen LogP contribution in [0, 0.1) is 0 Å². The number of nitrogens with one attached hydrogen (secondary N) is 2. The Balaban J connectivity index is 1.58. The summed E-state index contributed by atoms with van der Waals surface area (Å²) in [4.78, 5) is 43.2. The number of esters is 1. The average Bonchev–Trinajstić information content (AvgIpc) is 3.24. The lowest BCUT2D eigenvalue weighted by atomic mass is 10.00. The molecule has 0 spiro atoms. The Morgan fingerprint density at radius 2 is 1.69 bits per heavy atom. The number of urea groups is 1. The molecule has 0 radical (unpaired) electrons. The molecule has 2 N–H and O–H groups in total. The molecule has 3 aliphatic heterocycles. The number of nitrogens with zero attached hydrogens (tertiary/aromatic N) is 3. The van der Waals surface area contributed by atoms with Crippen LogP contribution < -0.4 is 10.6 Å². The van der Waals surface area contributed by atoms with Crippen molar-refractivity contribution in [2.75, 3.05) is 59.0 Å². The minimum atomic E-state index is -0.378. The highest BCUT2D eigenvalue weighted by molar-refractivity contribution is 5.94. The quantitative estimate of drug-likeness (QED) is 0.583. The highest BCUT2D eigenvalue weighted by atomic mass is 16.5. The molecule has 162 valence electrons. The molecular weight excluding hydrogens is 374 g/mol. The lowest BCUT2D eigenvalue weighted by Gasteiger charge is -2.37. The predicted molar refractivity (Wildman–Crippen MR) is 108 cm³/mol. The van der Waals surface area contributed by atoms with Crippen molar-refractivity contribution in [3.8, 4) is 0 Å². The molecule has 2 fully saturated rings. The maximum absolute atomic E-state index is 12.5. The van der Waals surface area contributed by atoms with Gasteiger partial charge in [-0.3, -0.25) is 14.6 Å². The average molecular weight is 408 g/mol. The van der Waals surface area contributed by atoms with Crippen molar-refractivity contribution >= 4 is 17.9 Å². The molecule has 9 nitrogen and oxygen atoms in total. The molecule has 3 amide bonds. The van der Waals surface area contributed by atoms with Crippen molar-refractivity contribution in [2.24, 2.45) is 0 Å². The minimum Gasteiger partial charge on any atom is -0.463 e. The smallest absolute Gasteiger partial charge is 0.337 e. The largest absolute Gasteiger partial charge is 0.463 e. The molecule has 0 saturated carbocycles. The van der Waals surface area contributed by atoms with E-state index < -0.39 is 0 Å². The van der Waals surface area contributed by atoms with Crippen LogP contribution in [0.5, 0.6) is 0 Å². The van der Waals surface area contributed by atoms with Crippen LogP contribution in [-0.2, 0) is 14.3 Å². The van der Waals surface area contributed by atoms with Crippen LogP contribution >= 0.6 is 0 Å². The first-order chi connectivity index (χ1) is 14.0. The normalized spacial score (nSPS) is 23.7. The number of ether oxygens (including phenoxy) is 1. The molecule has 0 bridgehead atoms. The van der Waals surface area contributed by atoms with E-state index in [-0.39, 0.29) is 23.9 Å². The second-order valence-electron chi connectivity index (χ2n) is 7.81. The first-order valence-corrected chi connectivity index (χ1v) is 10.7. The Hall–Kier alpha value is -2.13. The number of rotatable bonds is 7. The highest BCUT2D eigenvalue weighted by Crippen LogP contribution is 2.18. The van der Waals surface area contributed by atoms with Crippen molar-refractivity contribution in [3.05, 3.63) is 11.3 Å². The summed E-state index contributed by atoms with van der Waals surface area (Å²) < 4.78 is 5.22. The van der Waals surface area contributed by atoms with Crippen molar-refractivity contribution in [1.29, 1.82) is 0 Å². The summed E-state index contributed by atoms with van der Waals surface area (Å²) >= 11 is 0. The van der Waals surface area contributed by atoms with Crippen molar-refractivity contribution < 1.29 is 19.1 Å². The molecule has 1 unspecified atom stereocenters. The van der Waals surface area contributed by atoms with E-state index in [1.807, 2.05) is 11.8 Å². The van der Waals surface area contributed by atoms with E-state index >= 15 is 0 Å². The number of carbonyl (C=O) groups is 3. The monoisotopic (exact) mass is 407 g/mol. The number of likely N-dealkylation sites (tertiary alicyclic amines) is 1. The second-order valence-corrected chi connectivity index (χ2v) is 7.81. The third-order valence-electron chi connectivity index (χ3n) is 5.81. The molecule has 29 heavy (non-hydrogen) atoms. The maximum atomic E-state index is 12.5. The molecule has 0 aliphatic carbocycles. The minimum absolute atomic E-state index is 0.222. The summed E-state index contributed by atoms with van der Waals surface area (Å²) in [6, 6.07) is -0.619. The summed E-state index contributed by atoms with van der Waals surface area (Å²) in [5.74, 6) is -0.156. The molecule has 0 aromatic heterocycles. The Morgan fingerprint density at radius 1 is 1.03 bits per heavy atom. The van der Waals surface area contributed by atoms with Gasteiger partial charge in [-0.25, -0.2) is 9.59 Å². The zero-order valence-electron chi connectivity index (χ0n) is 17.5. The number of piperazine rings is 1. The van der Waals surface area contributed by atoms with E-state index in [4.69, 9.17) is 4.74 Å². The van der Waals surface area contributed by atoms with Crippen LogP contribution in [0.4, 0.5) is 4.79 Å². The van der Waals surface area contributed by atoms with Gasteiger partial charge >= 0.3 is 12.0 Å². The zero-order valence-corrected chi connectivity index (χ0v) is 17.5. The van der Waals surface area contributed by atoms with E-state index in [1.165, 1.54) is 0 Å². The van der Waals surface area contributed by atoms with Crippen LogP contribution in [-0.4, -0.2) is 97.6 Å². The predicted octanol–water partition coefficient (Wildman–Crippen LogP) is 0.135. The van der Waals surface area contributed by atoms with Crippen LogP contribution in [0.1, 0.15) is 33.1 Å². The Labute approximate surface area is 172 Å². The molecule has 3 heterocycles. The summed E-state index contributed by atoms with van der Waals surface area (Å²) in [6.45, 7) is 9.90. The maximum Gasteiger partial charge on any atom is 0.337 e. The van der Waals surface area contributed by atoms with Gasteiger partial charge in [0.1, 0.15) is 0 Å². The standard InChI is InChI=1S/C20H33N5O4/c1-3-15-18(19(27)29-4-2)16(22-20(28)21-15)13-23-9-11-24(12-10-23)14-17(26)25-7-5-6-8-25/h15H,3-14H2,1-2H3,(H2,21,22,28). The van der Waals surface area contributed by atoms with Gasteiger partial charge in [0.25, 0.3) is 0 Å². The van der Waals surface area contributed by atoms with Crippen LogP contribution in [0.15, 0.2) is 11.3 Å². The molecular formula is C20H33N5O4. The zero-order chi connectivity index (χ0) is 20.8. The van der Waals surface area contributed by atoms with Crippen molar-refractivity contribution in [2.45, 2.75) is 39.2 Å². The summed E-state index contributed by atoms with van der Waals surface area (Å²) in [5.41, 5.74) is 1.14. The molecule has 3 rings (SSSR count). The van der Waals surface area contributed by atoms with Gasteiger partial charge in [0.2, 0.25) is 5.91 Å². The number of carbonyl (C=O) groups excluding carboxylic acids is 3. The van der Waals surface area contributed by atoms with E-state index in [9.17, 15) is 14.4 Å². The molecule has 0 aromatic carbocycles. The van der Waals surface area contributed by atoms with Gasteiger partial charge in [0.05, 0.1) is 24.8 Å². The first-order valence-electron chi connectivity index (χ1n) is 10.7. The topological polar surface area (TPSA) is 94.2 Å². The van der Waals surface area contributed by atoms with E-state index in [2.05, 4.69) is 20.4 Å². The molecule has 0 aromatic rings. The third kappa shape index (κ3) is 5.48. The molecule has 2 saturated heterocycles. The van der Waals surface area contributed by atoms with Gasteiger partial charge in [0.15, 0.2) is 0 Å². The van der Waals surface area contributed by atoms with E-state index in [0.717, 1.165) is 52.1 Å². The lowest BCUT2D eigenvalue weighted by Crippen LogP contribution is -2.54. The lowest BCUT2D eigenvalue weighted by molar-refractivity contribution is -0.139. The van der Waals surface area contributed by atoms with Crippen LogP contribution in [0.2, 0.25) is 0 Å². The van der Waals surface area contributed by atoms with Gasteiger partial charge in [-0.05, 0) is 26.2 Å². The Morgan fingerprint density at radius 3 is 2.31 bits per heavy atom. The first kappa shape index (κ1) is 21.6. The second kappa shape index (κ2) is 10.1. The molecule has 1 atom stereocenters. The van der Waals surface area contributed by atoms with Gasteiger partial charge in [0, 0.05) is 51.5 Å². The summed E-state index contributed by atoms with van der Waals surface area (Å²) in [6.07, 6.45) is 2.84. The molecule has 3 aliphatic rings. The fraction of sp³-hybridized carbons (Fsp3) is 0.750. The van der Waals surface area contributed by atoms with Gasteiger partial charge in [-0.2, -0.15) is 0 Å². The summed E-state index contributed by atoms with van der Waals surface area (Å²) in [5, 5.41) is 5.61. The third-order valence-corrected chi connectivity index (χ3v) is 5.81. The van der Waals surface area contributed by atoms with Gasteiger partial charge in [-0.15, -0.1) is 0 Å². The molecule has 9 heteroatoms. The number of hydrogen-bond donors (Lipinski definition) is 2. The number of amides is 3. The van der Waals surface area contributed by atoms with Gasteiger partial charge in [-0.1, -0.05) is 6.92 Å². The SMILES string of the molecule is CCOC(=O)C1=C(CN2CCN(CC(=O)N3CCCC3)CC2)NC(=O)NC1CC. The highest BCUT2D eigenvalue weighted by Gasteiger charge is 2.33. The Kier molecular flexibility index (Phi) is 7.49.